The topological polar surface area (TPSA) is 66.9 Å². The van der Waals surface area contributed by atoms with Crippen LogP contribution < -0.4 is 10.6 Å². The number of alkyl halides is 2. The summed E-state index contributed by atoms with van der Waals surface area (Å²) in [5, 5.41) is 5.85. The van der Waals surface area contributed by atoms with E-state index in [9.17, 15) is 13.6 Å². The highest BCUT2D eigenvalue weighted by atomic mass is 19.3. The highest BCUT2D eigenvalue weighted by molar-refractivity contribution is 5.96. The van der Waals surface area contributed by atoms with Gasteiger partial charge in [0.1, 0.15) is 17.3 Å². The molecule has 0 radical (unpaired) electrons. The number of nitrogens with one attached hydrogen (secondary N) is 2. The van der Waals surface area contributed by atoms with Crippen LogP contribution in [0.1, 0.15) is 48.6 Å². The fourth-order valence-corrected chi connectivity index (χ4v) is 2.87. The Kier molecular flexibility index (Phi) is 3.74. The highest BCUT2D eigenvalue weighted by Gasteiger charge is 2.45. The van der Waals surface area contributed by atoms with Crippen molar-refractivity contribution in [2.24, 2.45) is 5.92 Å². The smallest absolute Gasteiger partial charge is 0.270 e. The number of halogens is 2. The number of hydrogen-bond acceptors (Lipinski definition) is 4. The molecule has 5 nitrogen and oxygen atoms in total. The molecule has 0 spiro atoms. The third-order valence-corrected chi connectivity index (χ3v) is 3.95. The van der Waals surface area contributed by atoms with Crippen molar-refractivity contribution in [3.05, 3.63) is 17.1 Å². The minimum atomic E-state index is -2.58. The Labute approximate surface area is 127 Å². The molecule has 1 aliphatic heterocycles. The maximum atomic E-state index is 13.0. The second kappa shape index (κ2) is 5.44. The van der Waals surface area contributed by atoms with Gasteiger partial charge in [0.15, 0.2) is 0 Å². The molecule has 2 aliphatic rings. The summed E-state index contributed by atoms with van der Waals surface area (Å²) >= 11 is 0. The van der Waals surface area contributed by atoms with Crippen LogP contribution in [-0.4, -0.2) is 34.4 Å². The Bertz CT molecular complexity index is 595. The molecular formula is C15H20F2N4O. The minimum Gasteiger partial charge on any atom is -0.367 e. The molecule has 1 aromatic rings. The standard InChI is InChI=1S/C15H20F2N4O/c1-8(2)5-11-20-12-10(3-4-18-14(12)22)13(21-11)19-9-6-15(16,17)7-9/h8-9H,3-7H2,1-2H3,(H,18,22)(H,19,20,21). The van der Waals surface area contributed by atoms with Crippen molar-refractivity contribution in [1.29, 1.82) is 0 Å². The van der Waals surface area contributed by atoms with E-state index in [-0.39, 0.29) is 24.8 Å². The molecular weight excluding hydrogens is 290 g/mol. The lowest BCUT2D eigenvalue weighted by Crippen LogP contribution is -2.45. The summed E-state index contributed by atoms with van der Waals surface area (Å²) in [7, 11) is 0. The first-order valence-corrected chi connectivity index (χ1v) is 7.66. The third-order valence-electron chi connectivity index (χ3n) is 3.95. The second-order valence-electron chi connectivity index (χ2n) is 6.52. The fraction of sp³-hybridized carbons (Fsp3) is 0.667. The van der Waals surface area contributed by atoms with Crippen molar-refractivity contribution in [2.45, 2.75) is 51.5 Å². The van der Waals surface area contributed by atoms with Crippen molar-refractivity contribution < 1.29 is 13.6 Å². The Morgan fingerprint density at radius 1 is 1.36 bits per heavy atom. The maximum Gasteiger partial charge on any atom is 0.270 e. The van der Waals surface area contributed by atoms with Gasteiger partial charge in [-0.15, -0.1) is 0 Å². The van der Waals surface area contributed by atoms with Crippen LogP contribution in [0.4, 0.5) is 14.6 Å². The van der Waals surface area contributed by atoms with Crippen molar-refractivity contribution in [3.63, 3.8) is 0 Å². The summed E-state index contributed by atoms with van der Waals surface area (Å²) in [5.41, 5.74) is 1.12. The summed E-state index contributed by atoms with van der Waals surface area (Å²) in [5.74, 6) is -1.31. The lowest BCUT2D eigenvalue weighted by Gasteiger charge is -2.36. The lowest BCUT2D eigenvalue weighted by atomic mass is 9.88. The molecule has 3 rings (SSSR count). The summed E-state index contributed by atoms with van der Waals surface area (Å²) in [6.45, 7) is 4.61. The van der Waals surface area contributed by atoms with E-state index in [4.69, 9.17) is 0 Å². The van der Waals surface area contributed by atoms with Gasteiger partial charge in [-0.3, -0.25) is 4.79 Å². The van der Waals surface area contributed by atoms with Gasteiger partial charge >= 0.3 is 0 Å². The van der Waals surface area contributed by atoms with Crippen LogP contribution in [0.5, 0.6) is 0 Å². The summed E-state index contributed by atoms with van der Waals surface area (Å²) in [6.07, 6.45) is 0.902. The van der Waals surface area contributed by atoms with Gasteiger partial charge < -0.3 is 10.6 Å². The van der Waals surface area contributed by atoms with E-state index in [0.717, 1.165) is 5.56 Å². The van der Waals surface area contributed by atoms with Gasteiger partial charge in [-0.25, -0.2) is 18.7 Å². The number of fused-ring (bicyclic) bond motifs is 1. The zero-order valence-electron chi connectivity index (χ0n) is 12.7. The Morgan fingerprint density at radius 3 is 2.73 bits per heavy atom. The van der Waals surface area contributed by atoms with E-state index in [1.54, 1.807) is 0 Å². The molecule has 0 saturated heterocycles. The molecule has 1 aromatic heterocycles. The van der Waals surface area contributed by atoms with Crippen LogP contribution in [0.15, 0.2) is 0 Å². The SMILES string of the molecule is CC(C)Cc1nc(NC2CC(F)(F)C2)c2c(n1)C(=O)NCC2. The lowest BCUT2D eigenvalue weighted by molar-refractivity contribution is -0.0794. The van der Waals surface area contributed by atoms with Crippen LogP contribution in [0.25, 0.3) is 0 Å². The molecule has 1 aliphatic carbocycles. The largest absolute Gasteiger partial charge is 0.367 e. The van der Waals surface area contributed by atoms with Gasteiger partial charge in [0, 0.05) is 37.4 Å². The molecule has 120 valence electrons. The maximum absolute atomic E-state index is 13.0. The molecule has 0 unspecified atom stereocenters. The van der Waals surface area contributed by atoms with E-state index >= 15 is 0 Å². The number of nitrogens with zero attached hydrogens (tertiary/aromatic N) is 2. The Morgan fingerprint density at radius 2 is 2.09 bits per heavy atom. The Hall–Kier alpha value is -1.79. The van der Waals surface area contributed by atoms with Crippen molar-refractivity contribution in [2.75, 3.05) is 11.9 Å². The first-order chi connectivity index (χ1) is 10.3. The zero-order valence-corrected chi connectivity index (χ0v) is 12.7. The van der Waals surface area contributed by atoms with E-state index in [1.165, 1.54) is 0 Å². The molecule has 1 fully saturated rings. The van der Waals surface area contributed by atoms with Crippen LogP contribution in [-0.2, 0) is 12.8 Å². The monoisotopic (exact) mass is 310 g/mol. The second-order valence-corrected chi connectivity index (χ2v) is 6.52. The van der Waals surface area contributed by atoms with E-state index in [0.29, 0.717) is 42.6 Å². The van der Waals surface area contributed by atoms with Gasteiger partial charge in [-0.1, -0.05) is 13.8 Å². The van der Waals surface area contributed by atoms with Crippen LogP contribution in [0, 0.1) is 5.92 Å². The zero-order chi connectivity index (χ0) is 15.9. The van der Waals surface area contributed by atoms with Crippen LogP contribution >= 0.6 is 0 Å². The molecule has 2 N–H and O–H groups in total. The average molecular weight is 310 g/mol. The number of carbonyl (C=O) groups excluding carboxylic acids is 1. The quantitative estimate of drug-likeness (QED) is 0.894. The number of hydrogen-bond donors (Lipinski definition) is 2. The van der Waals surface area contributed by atoms with E-state index in [2.05, 4.69) is 20.6 Å². The molecule has 0 atom stereocenters. The van der Waals surface area contributed by atoms with E-state index in [1.807, 2.05) is 13.8 Å². The number of amides is 1. The minimum absolute atomic E-state index is 0.183. The molecule has 7 heteroatoms. The van der Waals surface area contributed by atoms with E-state index < -0.39 is 5.92 Å². The summed E-state index contributed by atoms with van der Waals surface area (Å²) < 4.78 is 26.0. The average Bonchev–Trinajstić information content (AvgIpc) is 2.37. The predicted molar refractivity (Wildman–Crippen MR) is 78.2 cm³/mol. The normalized spacial score (nSPS) is 20.3. The number of carbonyl (C=O) groups is 1. The molecule has 0 bridgehead atoms. The number of rotatable bonds is 4. The third kappa shape index (κ3) is 3.03. The van der Waals surface area contributed by atoms with Gasteiger partial charge in [-0.2, -0.15) is 0 Å². The van der Waals surface area contributed by atoms with Gasteiger partial charge in [0.25, 0.3) is 11.8 Å². The van der Waals surface area contributed by atoms with Crippen molar-refractivity contribution >= 4 is 11.7 Å². The van der Waals surface area contributed by atoms with Crippen molar-refractivity contribution in [3.8, 4) is 0 Å². The molecule has 2 heterocycles. The Balaban J connectivity index is 1.89. The molecule has 22 heavy (non-hydrogen) atoms. The predicted octanol–water partition coefficient (Wildman–Crippen LogP) is 2.17. The summed E-state index contributed by atoms with van der Waals surface area (Å²) in [4.78, 5) is 20.8. The summed E-state index contributed by atoms with van der Waals surface area (Å²) in [6, 6.07) is -0.286. The van der Waals surface area contributed by atoms with Crippen molar-refractivity contribution in [1.82, 2.24) is 15.3 Å². The highest BCUT2D eigenvalue weighted by Crippen LogP contribution is 2.39. The number of aromatic nitrogens is 2. The number of anilines is 1. The molecule has 1 saturated carbocycles. The molecule has 1 amide bonds. The van der Waals surface area contributed by atoms with Gasteiger partial charge in [-0.05, 0) is 12.3 Å². The molecule has 0 aromatic carbocycles. The fourth-order valence-electron chi connectivity index (χ4n) is 2.87. The van der Waals surface area contributed by atoms with Crippen LogP contribution in [0.2, 0.25) is 0 Å². The first-order valence-electron chi connectivity index (χ1n) is 7.66. The van der Waals surface area contributed by atoms with Crippen LogP contribution in [0.3, 0.4) is 0 Å². The first kappa shape index (κ1) is 15.1. The van der Waals surface area contributed by atoms with Gasteiger partial charge in [0.2, 0.25) is 0 Å². The van der Waals surface area contributed by atoms with Gasteiger partial charge in [0.05, 0.1) is 0 Å².